The summed E-state index contributed by atoms with van der Waals surface area (Å²) in [6.45, 7) is 0. The third-order valence-corrected chi connectivity index (χ3v) is 3.13. The molecule has 84 valence electrons. The van der Waals surface area contributed by atoms with Crippen LogP contribution in [0.1, 0.15) is 34.7 Å². The van der Waals surface area contributed by atoms with Crippen molar-refractivity contribution < 1.29 is 9.59 Å². The van der Waals surface area contributed by atoms with Gasteiger partial charge in [-0.2, -0.15) is 0 Å². The second kappa shape index (κ2) is 4.26. The van der Waals surface area contributed by atoms with Crippen LogP contribution in [0.5, 0.6) is 0 Å². The fourth-order valence-electron chi connectivity index (χ4n) is 2.08. The lowest BCUT2D eigenvalue weighted by molar-refractivity contribution is -0.120. The smallest absolute Gasteiger partial charge is 0.220 e. The third-order valence-electron chi connectivity index (χ3n) is 2.90. The van der Waals surface area contributed by atoms with E-state index in [0.29, 0.717) is 23.4 Å². The highest BCUT2D eigenvalue weighted by atomic mass is 35.5. The number of ketones is 1. The monoisotopic (exact) mass is 237 g/mol. The molecule has 16 heavy (non-hydrogen) atoms. The van der Waals surface area contributed by atoms with Gasteiger partial charge in [-0.05, 0) is 17.7 Å². The van der Waals surface area contributed by atoms with Gasteiger partial charge in [0, 0.05) is 36.4 Å². The summed E-state index contributed by atoms with van der Waals surface area (Å²) in [6.07, 6.45) is 0.764. The highest BCUT2D eigenvalue weighted by Gasteiger charge is 2.30. The Morgan fingerprint density at radius 2 is 2.31 bits per heavy atom. The molecule has 1 unspecified atom stereocenters. The first-order valence-electron chi connectivity index (χ1n) is 5.15. The average molecular weight is 238 g/mol. The molecule has 0 spiro atoms. The molecular formula is C12H12ClNO2. The molecule has 1 aromatic carbocycles. The zero-order chi connectivity index (χ0) is 11.7. The van der Waals surface area contributed by atoms with Crippen molar-refractivity contribution in [3.8, 4) is 0 Å². The van der Waals surface area contributed by atoms with Crippen LogP contribution in [-0.4, -0.2) is 18.7 Å². The SMILES string of the molecule is CNC(=O)CC1CC(=O)c2cc(Cl)ccc21. The van der Waals surface area contributed by atoms with Gasteiger partial charge in [0.05, 0.1) is 0 Å². The summed E-state index contributed by atoms with van der Waals surface area (Å²) in [6, 6.07) is 5.29. The van der Waals surface area contributed by atoms with Crippen LogP contribution in [0.4, 0.5) is 0 Å². The third kappa shape index (κ3) is 1.95. The number of fused-ring (bicyclic) bond motifs is 1. The molecule has 1 aliphatic rings. The summed E-state index contributed by atoms with van der Waals surface area (Å²) in [5.74, 6) is 0.0340. The van der Waals surface area contributed by atoms with Gasteiger partial charge in [-0.25, -0.2) is 0 Å². The average Bonchev–Trinajstić information content (AvgIpc) is 2.55. The molecule has 0 fully saturated rings. The maximum atomic E-state index is 11.7. The highest BCUT2D eigenvalue weighted by molar-refractivity contribution is 6.31. The standard InChI is InChI=1S/C12H12ClNO2/c1-14-12(16)5-7-4-11(15)10-6-8(13)2-3-9(7)10/h2-3,6-7H,4-5H2,1H3,(H,14,16). The van der Waals surface area contributed by atoms with Gasteiger partial charge in [-0.3, -0.25) is 9.59 Å². The Hall–Kier alpha value is -1.35. The first kappa shape index (κ1) is 11.1. The summed E-state index contributed by atoms with van der Waals surface area (Å²) in [4.78, 5) is 23.0. The first-order chi connectivity index (χ1) is 7.61. The predicted octanol–water partition coefficient (Wildman–Crippen LogP) is 2.15. The molecule has 1 atom stereocenters. The highest BCUT2D eigenvalue weighted by Crippen LogP contribution is 2.36. The number of carbonyl (C=O) groups is 2. The molecule has 0 aliphatic heterocycles. The number of benzene rings is 1. The minimum atomic E-state index is -0.0411. The molecule has 0 saturated heterocycles. The van der Waals surface area contributed by atoms with E-state index in [9.17, 15) is 9.59 Å². The fourth-order valence-corrected chi connectivity index (χ4v) is 2.25. The first-order valence-corrected chi connectivity index (χ1v) is 5.53. The largest absolute Gasteiger partial charge is 0.359 e. The predicted molar refractivity (Wildman–Crippen MR) is 61.8 cm³/mol. The van der Waals surface area contributed by atoms with Crippen LogP contribution in [0, 0.1) is 0 Å². The van der Waals surface area contributed by atoms with Gasteiger partial charge < -0.3 is 5.32 Å². The van der Waals surface area contributed by atoms with Crippen LogP contribution in [0.15, 0.2) is 18.2 Å². The Bertz CT molecular complexity index is 456. The van der Waals surface area contributed by atoms with Crippen molar-refractivity contribution in [2.24, 2.45) is 0 Å². The van der Waals surface area contributed by atoms with Crippen molar-refractivity contribution in [2.75, 3.05) is 7.05 Å². The Morgan fingerprint density at radius 1 is 1.56 bits per heavy atom. The number of amides is 1. The van der Waals surface area contributed by atoms with E-state index < -0.39 is 0 Å². The summed E-state index contributed by atoms with van der Waals surface area (Å²) in [5.41, 5.74) is 1.61. The van der Waals surface area contributed by atoms with Gasteiger partial charge in [0.15, 0.2) is 5.78 Å². The molecule has 0 bridgehead atoms. The lowest BCUT2D eigenvalue weighted by Gasteiger charge is -2.09. The van der Waals surface area contributed by atoms with Crippen molar-refractivity contribution in [2.45, 2.75) is 18.8 Å². The van der Waals surface area contributed by atoms with Crippen LogP contribution in [-0.2, 0) is 4.79 Å². The summed E-state index contributed by atoms with van der Waals surface area (Å²) >= 11 is 5.84. The molecule has 2 rings (SSSR count). The van der Waals surface area contributed by atoms with E-state index in [2.05, 4.69) is 5.32 Å². The van der Waals surface area contributed by atoms with Gasteiger partial charge in [-0.15, -0.1) is 0 Å². The minimum Gasteiger partial charge on any atom is -0.359 e. The van der Waals surface area contributed by atoms with Crippen molar-refractivity contribution in [1.82, 2.24) is 5.32 Å². The van der Waals surface area contributed by atoms with Crippen molar-refractivity contribution >= 4 is 23.3 Å². The minimum absolute atomic E-state index is 0.000262. The Labute approximate surface area is 98.8 Å². The second-order valence-corrected chi connectivity index (χ2v) is 4.37. The van der Waals surface area contributed by atoms with E-state index in [1.807, 2.05) is 6.07 Å². The number of nitrogens with one attached hydrogen (secondary N) is 1. The van der Waals surface area contributed by atoms with Crippen molar-refractivity contribution in [3.05, 3.63) is 34.3 Å². The zero-order valence-corrected chi connectivity index (χ0v) is 9.67. The number of carbonyl (C=O) groups excluding carboxylic acids is 2. The normalized spacial score (nSPS) is 18.4. The molecular weight excluding hydrogens is 226 g/mol. The van der Waals surface area contributed by atoms with Crippen molar-refractivity contribution in [3.63, 3.8) is 0 Å². The Morgan fingerprint density at radius 3 is 3.00 bits per heavy atom. The van der Waals surface area contributed by atoms with E-state index >= 15 is 0 Å². The molecule has 1 aliphatic carbocycles. The maximum Gasteiger partial charge on any atom is 0.220 e. The quantitative estimate of drug-likeness (QED) is 0.857. The number of Topliss-reactive ketones (excluding diaryl/α,β-unsaturated/α-hetero) is 1. The lowest BCUT2D eigenvalue weighted by Crippen LogP contribution is -2.19. The van der Waals surface area contributed by atoms with Gasteiger partial charge >= 0.3 is 0 Å². The van der Waals surface area contributed by atoms with Crippen LogP contribution in [0.3, 0.4) is 0 Å². The molecule has 0 radical (unpaired) electrons. The van der Waals surface area contributed by atoms with E-state index in [4.69, 9.17) is 11.6 Å². The van der Waals surface area contributed by atoms with Gasteiger partial charge in [0.2, 0.25) is 5.91 Å². The number of hydrogen-bond acceptors (Lipinski definition) is 2. The molecule has 1 N–H and O–H groups in total. The Kier molecular flexibility index (Phi) is 2.97. The summed E-state index contributed by atoms with van der Waals surface area (Å²) in [5, 5.41) is 3.14. The maximum absolute atomic E-state index is 11.7. The fraction of sp³-hybridized carbons (Fsp3) is 0.333. The molecule has 3 nitrogen and oxygen atoms in total. The molecule has 4 heteroatoms. The zero-order valence-electron chi connectivity index (χ0n) is 8.92. The van der Waals surface area contributed by atoms with Crippen LogP contribution < -0.4 is 5.32 Å². The van der Waals surface area contributed by atoms with E-state index in [-0.39, 0.29) is 17.6 Å². The van der Waals surface area contributed by atoms with Gasteiger partial charge in [-0.1, -0.05) is 17.7 Å². The van der Waals surface area contributed by atoms with E-state index in [1.165, 1.54) is 0 Å². The number of hydrogen-bond donors (Lipinski definition) is 1. The topological polar surface area (TPSA) is 46.2 Å². The van der Waals surface area contributed by atoms with E-state index in [1.54, 1.807) is 19.2 Å². The van der Waals surface area contributed by atoms with Gasteiger partial charge in [0.1, 0.15) is 0 Å². The molecule has 1 amide bonds. The molecule has 0 aromatic heterocycles. The van der Waals surface area contributed by atoms with Crippen molar-refractivity contribution in [1.29, 1.82) is 0 Å². The molecule has 0 heterocycles. The Balaban J connectivity index is 2.29. The van der Waals surface area contributed by atoms with Crippen LogP contribution in [0.2, 0.25) is 5.02 Å². The lowest BCUT2D eigenvalue weighted by atomic mass is 9.97. The van der Waals surface area contributed by atoms with Crippen LogP contribution in [0.25, 0.3) is 0 Å². The number of halogens is 1. The van der Waals surface area contributed by atoms with Crippen LogP contribution >= 0.6 is 11.6 Å². The number of rotatable bonds is 2. The van der Waals surface area contributed by atoms with E-state index in [0.717, 1.165) is 5.56 Å². The molecule has 0 saturated carbocycles. The summed E-state index contributed by atoms with van der Waals surface area (Å²) in [7, 11) is 1.60. The van der Waals surface area contributed by atoms with Gasteiger partial charge in [0.25, 0.3) is 0 Å². The molecule has 1 aromatic rings. The second-order valence-electron chi connectivity index (χ2n) is 3.93. The summed E-state index contributed by atoms with van der Waals surface area (Å²) < 4.78 is 0.